The van der Waals surface area contributed by atoms with Crippen molar-refractivity contribution in [2.24, 2.45) is 0 Å². The van der Waals surface area contributed by atoms with Gasteiger partial charge in [-0.25, -0.2) is 0 Å². The van der Waals surface area contributed by atoms with Crippen LogP contribution in [0, 0.1) is 20.8 Å². The van der Waals surface area contributed by atoms with Crippen LogP contribution in [0.5, 0.6) is 11.5 Å². The highest BCUT2D eigenvalue weighted by Crippen LogP contribution is 2.47. The van der Waals surface area contributed by atoms with Crippen LogP contribution in [-0.2, 0) is 5.41 Å². The fraction of sp³-hybridized carbons (Fsp3) is 0.212. The van der Waals surface area contributed by atoms with Crippen molar-refractivity contribution in [2.45, 2.75) is 47.0 Å². The van der Waals surface area contributed by atoms with E-state index in [2.05, 4.69) is 76.3 Å². The quantitative estimate of drug-likeness (QED) is 0.261. The van der Waals surface area contributed by atoms with Crippen LogP contribution in [0.2, 0.25) is 0 Å². The van der Waals surface area contributed by atoms with E-state index in [1.54, 1.807) is 0 Å². The molecule has 0 atom stereocenters. The Morgan fingerprint density at radius 3 is 2.18 bits per heavy atom. The molecule has 0 aliphatic heterocycles. The van der Waals surface area contributed by atoms with E-state index in [-0.39, 0.29) is 11.2 Å². The van der Waals surface area contributed by atoms with Gasteiger partial charge in [0.2, 0.25) is 0 Å². The molecule has 1 aliphatic rings. The van der Waals surface area contributed by atoms with Gasteiger partial charge in [-0.2, -0.15) is 0 Å². The molecule has 0 spiro atoms. The van der Waals surface area contributed by atoms with E-state index in [1.165, 1.54) is 11.1 Å². The third-order valence-electron chi connectivity index (χ3n) is 7.25. The van der Waals surface area contributed by atoms with Crippen LogP contribution in [0.3, 0.4) is 0 Å². The molecule has 0 unspecified atom stereocenters. The van der Waals surface area contributed by atoms with Crippen LogP contribution in [-0.4, -0.2) is 10.9 Å². The summed E-state index contributed by atoms with van der Waals surface area (Å²) < 4.78 is 12.3. The molecule has 0 bridgehead atoms. The molecule has 1 heterocycles. The summed E-state index contributed by atoms with van der Waals surface area (Å²) in [6.45, 7) is 12.8. The number of carbonyl (C=O) groups excluding carboxylic acids is 1. The number of hydrogen-bond donors (Lipinski definition) is 1. The number of carbonyl (C=O) groups is 1. The third-order valence-corrected chi connectivity index (χ3v) is 7.25. The Morgan fingerprint density at radius 2 is 1.53 bits per heavy atom. The van der Waals surface area contributed by atoms with Gasteiger partial charge in [0, 0.05) is 22.9 Å². The maximum atomic E-state index is 13.9. The number of anilines is 2. The van der Waals surface area contributed by atoms with E-state index in [9.17, 15) is 4.79 Å². The van der Waals surface area contributed by atoms with Crippen molar-refractivity contribution in [3.63, 3.8) is 0 Å². The predicted octanol–water partition coefficient (Wildman–Crippen LogP) is 8.80. The summed E-state index contributed by atoms with van der Waals surface area (Å²) in [5, 5.41) is 8.64. The van der Waals surface area contributed by atoms with Crippen molar-refractivity contribution in [1.29, 1.82) is 0 Å². The predicted molar refractivity (Wildman–Crippen MR) is 152 cm³/mol. The van der Waals surface area contributed by atoms with Gasteiger partial charge in [-0.05, 0) is 55.0 Å². The number of nitrogens with zero attached hydrogens (tertiary/aromatic N) is 1. The number of fused-ring (bicyclic) bond motifs is 2. The zero-order valence-corrected chi connectivity index (χ0v) is 22.5. The normalized spacial score (nSPS) is 12.5. The molecule has 1 aliphatic carbocycles. The minimum atomic E-state index is -0.0627. The Kier molecular flexibility index (Phi) is 5.42. The molecular formula is C33H30N2O3. The summed E-state index contributed by atoms with van der Waals surface area (Å²) in [5.41, 5.74) is 8.71. The summed E-state index contributed by atoms with van der Waals surface area (Å²) in [5.74, 6) is 1.74. The molecule has 1 N–H and O–H groups in total. The molecule has 0 saturated heterocycles. The molecule has 1 aromatic heterocycles. The molecule has 5 heteroatoms. The maximum Gasteiger partial charge on any atom is 0.196 e. The number of aromatic nitrogens is 1. The molecule has 5 nitrogen and oxygen atoms in total. The van der Waals surface area contributed by atoms with Gasteiger partial charge in [0.1, 0.15) is 5.75 Å². The zero-order chi connectivity index (χ0) is 26.8. The summed E-state index contributed by atoms with van der Waals surface area (Å²) in [4.78, 5) is 13.9. The van der Waals surface area contributed by atoms with E-state index in [4.69, 9.17) is 9.26 Å². The van der Waals surface area contributed by atoms with Crippen LogP contribution in [0.25, 0.3) is 22.2 Å². The number of benzene rings is 4. The molecule has 0 saturated carbocycles. The lowest BCUT2D eigenvalue weighted by atomic mass is 9.86. The van der Waals surface area contributed by atoms with Crippen LogP contribution in [0.4, 0.5) is 11.4 Å². The molecule has 0 fully saturated rings. The van der Waals surface area contributed by atoms with E-state index in [1.807, 2.05) is 42.5 Å². The summed E-state index contributed by atoms with van der Waals surface area (Å²) >= 11 is 0. The minimum absolute atomic E-state index is 0.0417. The van der Waals surface area contributed by atoms with Crippen molar-refractivity contribution in [1.82, 2.24) is 5.16 Å². The molecule has 0 radical (unpaired) electrons. The van der Waals surface area contributed by atoms with Crippen molar-refractivity contribution in [3.8, 4) is 22.8 Å². The lowest BCUT2D eigenvalue weighted by Crippen LogP contribution is -2.12. The largest absolute Gasteiger partial charge is 0.455 e. The van der Waals surface area contributed by atoms with E-state index in [0.29, 0.717) is 45.0 Å². The van der Waals surface area contributed by atoms with E-state index >= 15 is 0 Å². The minimum Gasteiger partial charge on any atom is -0.455 e. The van der Waals surface area contributed by atoms with E-state index in [0.717, 1.165) is 22.4 Å². The molecule has 0 amide bonds. The van der Waals surface area contributed by atoms with Crippen molar-refractivity contribution >= 4 is 28.1 Å². The Bertz CT molecular complexity index is 1710. The molecule has 6 rings (SSSR count). The van der Waals surface area contributed by atoms with Gasteiger partial charge < -0.3 is 14.6 Å². The summed E-state index contributed by atoms with van der Waals surface area (Å²) in [7, 11) is 0. The first-order valence-corrected chi connectivity index (χ1v) is 12.9. The fourth-order valence-electron chi connectivity index (χ4n) is 5.37. The molecule has 4 aromatic carbocycles. The van der Waals surface area contributed by atoms with Crippen LogP contribution >= 0.6 is 0 Å². The molecule has 190 valence electrons. The lowest BCUT2D eigenvalue weighted by Gasteiger charge is -2.21. The first-order chi connectivity index (χ1) is 18.1. The van der Waals surface area contributed by atoms with Gasteiger partial charge in [0.25, 0.3) is 0 Å². The van der Waals surface area contributed by atoms with Gasteiger partial charge in [-0.3, -0.25) is 4.79 Å². The second-order valence-corrected chi connectivity index (χ2v) is 11.2. The maximum absolute atomic E-state index is 13.9. The van der Waals surface area contributed by atoms with E-state index < -0.39 is 0 Å². The number of aryl methyl sites for hydroxylation is 3. The summed E-state index contributed by atoms with van der Waals surface area (Å²) in [6.07, 6.45) is 0. The van der Waals surface area contributed by atoms with Gasteiger partial charge >= 0.3 is 0 Å². The smallest absolute Gasteiger partial charge is 0.196 e. The first-order valence-electron chi connectivity index (χ1n) is 12.9. The fourth-order valence-corrected chi connectivity index (χ4v) is 5.37. The zero-order valence-electron chi connectivity index (χ0n) is 22.5. The van der Waals surface area contributed by atoms with Crippen LogP contribution in [0.15, 0.2) is 71.3 Å². The van der Waals surface area contributed by atoms with Crippen LogP contribution in [0.1, 0.15) is 58.9 Å². The van der Waals surface area contributed by atoms with Gasteiger partial charge in [-0.1, -0.05) is 80.0 Å². The molecule has 38 heavy (non-hydrogen) atoms. The summed E-state index contributed by atoms with van der Waals surface area (Å²) in [6, 6.07) is 21.7. The number of nitrogens with one attached hydrogen (secondary N) is 1. The highest BCUT2D eigenvalue weighted by Gasteiger charge is 2.33. The first kappa shape index (κ1) is 24.0. The Morgan fingerprint density at radius 1 is 0.868 bits per heavy atom. The van der Waals surface area contributed by atoms with Crippen molar-refractivity contribution < 1.29 is 14.1 Å². The number of hydrogen-bond acceptors (Lipinski definition) is 5. The highest BCUT2D eigenvalue weighted by molar-refractivity contribution is 6.28. The van der Waals surface area contributed by atoms with Gasteiger partial charge in [-0.15, -0.1) is 0 Å². The van der Waals surface area contributed by atoms with Crippen LogP contribution < -0.4 is 10.1 Å². The molecular weight excluding hydrogens is 472 g/mol. The topological polar surface area (TPSA) is 64.4 Å². The van der Waals surface area contributed by atoms with Crippen molar-refractivity contribution in [2.75, 3.05) is 5.32 Å². The van der Waals surface area contributed by atoms with Gasteiger partial charge in [0.15, 0.2) is 22.8 Å². The van der Waals surface area contributed by atoms with Gasteiger partial charge in [0.05, 0.1) is 16.6 Å². The second kappa shape index (κ2) is 8.59. The third kappa shape index (κ3) is 3.86. The Labute approximate surface area is 222 Å². The van der Waals surface area contributed by atoms with Crippen molar-refractivity contribution in [3.05, 3.63) is 100 Å². The SMILES string of the molecule is Cc1cc(C)c(Nc2cc(Oc3ccc(C(C)(C)C)cc3)c3noc4c3c2C(=O)c2ccccc2-4)c(C)c1. The molecule has 5 aromatic rings. The Hall–Kier alpha value is -4.38. The number of rotatable bonds is 4. The second-order valence-electron chi connectivity index (χ2n) is 11.2. The highest BCUT2D eigenvalue weighted by atomic mass is 16.5. The Balaban J connectivity index is 1.55. The number of ketones is 1. The number of ether oxygens (including phenoxy) is 1. The average Bonchev–Trinajstić information content (AvgIpc) is 3.31. The average molecular weight is 503 g/mol. The monoisotopic (exact) mass is 502 g/mol. The standard InChI is InChI=1S/C33H30N2O3/c1-18-15-19(2)29(20(3)16-18)34-25-17-26(37-22-13-11-21(12-14-22)33(4,5)6)30-28-27(25)31(36)23-9-7-8-10-24(23)32(28)38-35-30/h7-17,34H,1-6H3. The lowest BCUT2D eigenvalue weighted by molar-refractivity contribution is 0.104.